The molecule has 0 saturated carbocycles. The van der Waals surface area contributed by atoms with E-state index in [0.717, 1.165) is 22.6 Å². The number of methoxy groups -OCH3 is 1. The van der Waals surface area contributed by atoms with Crippen molar-refractivity contribution in [2.24, 2.45) is 0 Å². The molecule has 82 valence electrons. The molecule has 0 bridgehead atoms. The van der Waals surface area contributed by atoms with Crippen molar-refractivity contribution >= 4 is 0 Å². The van der Waals surface area contributed by atoms with E-state index in [4.69, 9.17) is 4.74 Å². The number of nitrogens with zero attached hydrogens (tertiary/aromatic N) is 1. The third kappa shape index (κ3) is 2.06. The Morgan fingerprint density at radius 1 is 1.06 bits per heavy atom. The van der Waals surface area contributed by atoms with Gasteiger partial charge >= 0.3 is 0 Å². The number of aryl methyl sites for hydroxylation is 2. The highest BCUT2D eigenvalue weighted by Crippen LogP contribution is 2.24. The Bertz CT molecular complexity index is 506. The summed E-state index contributed by atoms with van der Waals surface area (Å²) in [6.07, 6.45) is 1.84. The number of hydrogen-bond acceptors (Lipinski definition) is 2. The fraction of sp³-hybridized carbons (Fsp3) is 0.214. The highest BCUT2D eigenvalue weighted by molar-refractivity contribution is 5.62. The first-order valence-electron chi connectivity index (χ1n) is 5.28. The van der Waals surface area contributed by atoms with Crippen molar-refractivity contribution in [1.82, 2.24) is 4.98 Å². The molecule has 0 fully saturated rings. The SMILES string of the molecule is COc1ccc(-c2cc(C)ccn2)cc1C. The Kier molecular flexibility index (Phi) is 2.91. The van der Waals surface area contributed by atoms with Crippen LogP contribution in [-0.2, 0) is 0 Å². The van der Waals surface area contributed by atoms with Crippen molar-refractivity contribution in [3.05, 3.63) is 47.7 Å². The van der Waals surface area contributed by atoms with Crippen molar-refractivity contribution in [2.45, 2.75) is 13.8 Å². The Labute approximate surface area is 95.9 Å². The number of hydrogen-bond donors (Lipinski definition) is 0. The summed E-state index contributed by atoms with van der Waals surface area (Å²) in [5.74, 6) is 0.913. The minimum Gasteiger partial charge on any atom is -0.496 e. The monoisotopic (exact) mass is 213 g/mol. The van der Waals surface area contributed by atoms with Crippen molar-refractivity contribution in [2.75, 3.05) is 7.11 Å². The average molecular weight is 213 g/mol. The van der Waals surface area contributed by atoms with Crippen LogP contribution in [0.1, 0.15) is 11.1 Å². The third-order valence-electron chi connectivity index (χ3n) is 2.61. The number of benzene rings is 1. The third-order valence-corrected chi connectivity index (χ3v) is 2.61. The molecule has 0 atom stereocenters. The largest absolute Gasteiger partial charge is 0.496 e. The highest BCUT2D eigenvalue weighted by atomic mass is 16.5. The van der Waals surface area contributed by atoms with Gasteiger partial charge in [0.1, 0.15) is 5.75 Å². The van der Waals surface area contributed by atoms with Gasteiger partial charge in [-0.2, -0.15) is 0 Å². The quantitative estimate of drug-likeness (QED) is 0.763. The van der Waals surface area contributed by atoms with Crippen molar-refractivity contribution in [3.63, 3.8) is 0 Å². The second kappa shape index (κ2) is 4.35. The van der Waals surface area contributed by atoms with Gasteiger partial charge in [0, 0.05) is 11.8 Å². The maximum Gasteiger partial charge on any atom is 0.121 e. The summed E-state index contributed by atoms with van der Waals surface area (Å²) in [5, 5.41) is 0. The molecule has 0 unspecified atom stereocenters. The van der Waals surface area contributed by atoms with Gasteiger partial charge in [0.2, 0.25) is 0 Å². The summed E-state index contributed by atoms with van der Waals surface area (Å²) < 4.78 is 5.24. The predicted octanol–water partition coefficient (Wildman–Crippen LogP) is 3.37. The molecule has 0 aliphatic carbocycles. The molecule has 0 radical (unpaired) electrons. The zero-order valence-electron chi connectivity index (χ0n) is 9.82. The molecule has 1 aromatic heterocycles. The van der Waals surface area contributed by atoms with Crippen LogP contribution in [-0.4, -0.2) is 12.1 Å². The molecule has 2 rings (SSSR count). The summed E-state index contributed by atoms with van der Waals surface area (Å²) in [7, 11) is 1.69. The number of pyridine rings is 1. The Morgan fingerprint density at radius 3 is 2.50 bits per heavy atom. The van der Waals surface area contributed by atoms with E-state index < -0.39 is 0 Å². The first kappa shape index (κ1) is 10.7. The molecule has 0 aliphatic heterocycles. The van der Waals surface area contributed by atoms with E-state index in [1.54, 1.807) is 7.11 Å². The van der Waals surface area contributed by atoms with E-state index in [-0.39, 0.29) is 0 Å². The molecule has 2 aromatic rings. The topological polar surface area (TPSA) is 22.1 Å². The summed E-state index contributed by atoms with van der Waals surface area (Å²) in [6.45, 7) is 4.11. The Hall–Kier alpha value is -1.83. The molecular weight excluding hydrogens is 198 g/mol. The Morgan fingerprint density at radius 2 is 1.88 bits per heavy atom. The maximum atomic E-state index is 5.24. The fourth-order valence-corrected chi connectivity index (χ4v) is 1.73. The lowest BCUT2D eigenvalue weighted by molar-refractivity contribution is 0.412. The van der Waals surface area contributed by atoms with Crippen LogP contribution in [0.5, 0.6) is 5.75 Å². The summed E-state index contributed by atoms with van der Waals surface area (Å²) >= 11 is 0. The van der Waals surface area contributed by atoms with Gasteiger partial charge in [-0.3, -0.25) is 4.98 Å². The molecule has 16 heavy (non-hydrogen) atoms. The lowest BCUT2D eigenvalue weighted by Gasteiger charge is -2.07. The van der Waals surface area contributed by atoms with E-state index in [0.29, 0.717) is 0 Å². The van der Waals surface area contributed by atoms with Crippen LogP contribution in [0.2, 0.25) is 0 Å². The lowest BCUT2D eigenvalue weighted by atomic mass is 10.1. The molecule has 0 saturated heterocycles. The molecule has 1 aromatic carbocycles. The minimum atomic E-state index is 0.913. The first-order chi connectivity index (χ1) is 7.70. The molecule has 0 spiro atoms. The van der Waals surface area contributed by atoms with Crippen LogP contribution in [0.4, 0.5) is 0 Å². The molecule has 1 heterocycles. The Balaban J connectivity index is 2.45. The van der Waals surface area contributed by atoms with Gasteiger partial charge in [-0.1, -0.05) is 0 Å². The lowest BCUT2D eigenvalue weighted by Crippen LogP contribution is -1.89. The van der Waals surface area contributed by atoms with Gasteiger partial charge in [0.15, 0.2) is 0 Å². The van der Waals surface area contributed by atoms with Gasteiger partial charge in [0.25, 0.3) is 0 Å². The van der Waals surface area contributed by atoms with Gasteiger partial charge in [-0.15, -0.1) is 0 Å². The average Bonchev–Trinajstić information content (AvgIpc) is 2.29. The minimum absolute atomic E-state index is 0.913. The smallest absolute Gasteiger partial charge is 0.121 e. The van der Waals surface area contributed by atoms with E-state index in [1.807, 2.05) is 31.3 Å². The normalized spacial score (nSPS) is 10.2. The maximum absolute atomic E-state index is 5.24. The first-order valence-corrected chi connectivity index (χ1v) is 5.28. The second-order valence-corrected chi connectivity index (χ2v) is 3.90. The molecule has 2 heteroatoms. The van der Waals surface area contributed by atoms with E-state index in [9.17, 15) is 0 Å². The van der Waals surface area contributed by atoms with E-state index >= 15 is 0 Å². The van der Waals surface area contributed by atoms with Crippen LogP contribution in [0.25, 0.3) is 11.3 Å². The molecule has 2 nitrogen and oxygen atoms in total. The molecular formula is C14H15NO. The molecule has 0 aliphatic rings. The van der Waals surface area contributed by atoms with Crippen LogP contribution < -0.4 is 4.74 Å². The van der Waals surface area contributed by atoms with Crippen LogP contribution in [0.3, 0.4) is 0 Å². The van der Waals surface area contributed by atoms with Crippen LogP contribution >= 0.6 is 0 Å². The number of ether oxygens (including phenoxy) is 1. The van der Waals surface area contributed by atoms with Gasteiger partial charge in [-0.05, 0) is 55.3 Å². The zero-order chi connectivity index (χ0) is 11.5. The van der Waals surface area contributed by atoms with Crippen molar-refractivity contribution in [3.8, 4) is 17.0 Å². The summed E-state index contributed by atoms with van der Waals surface area (Å²) in [6, 6.07) is 10.2. The second-order valence-electron chi connectivity index (χ2n) is 3.90. The van der Waals surface area contributed by atoms with Crippen molar-refractivity contribution < 1.29 is 4.74 Å². The predicted molar refractivity (Wildman–Crippen MR) is 65.7 cm³/mol. The molecule has 0 N–H and O–H groups in total. The van der Waals surface area contributed by atoms with E-state index in [2.05, 4.69) is 24.0 Å². The number of rotatable bonds is 2. The fourth-order valence-electron chi connectivity index (χ4n) is 1.73. The highest BCUT2D eigenvalue weighted by Gasteiger charge is 2.03. The number of aromatic nitrogens is 1. The van der Waals surface area contributed by atoms with Gasteiger partial charge in [-0.25, -0.2) is 0 Å². The summed E-state index contributed by atoms with van der Waals surface area (Å²) in [4.78, 5) is 4.37. The summed E-state index contributed by atoms with van der Waals surface area (Å²) in [5.41, 5.74) is 4.48. The van der Waals surface area contributed by atoms with E-state index in [1.165, 1.54) is 5.56 Å². The zero-order valence-corrected chi connectivity index (χ0v) is 9.82. The van der Waals surface area contributed by atoms with Crippen LogP contribution in [0, 0.1) is 13.8 Å². The van der Waals surface area contributed by atoms with Gasteiger partial charge in [0.05, 0.1) is 12.8 Å². The van der Waals surface area contributed by atoms with Gasteiger partial charge < -0.3 is 4.74 Å². The van der Waals surface area contributed by atoms with Crippen molar-refractivity contribution in [1.29, 1.82) is 0 Å². The standard InChI is InChI=1S/C14H15NO/c1-10-6-7-15-13(8-10)12-4-5-14(16-3)11(2)9-12/h4-9H,1-3H3. The molecule has 0 amide bonds. The van der Waals surface area contributed by atoms with Crippen LogP contribution in [0.15, 0.2) is 36.5 Å².